The molecule has 0 unspecified atom stereocenters. The second kappa shape index (κ2) is 7.04. The molecular weight excluding hydrogens is 447 g/mol. The van der Waals surface area contributed by atoms with E-state index in [-0.39, 0.29) is 5.91 Å². The van der Waals surface area contributed by atoms with Crippen molar-refractivity contribution < 1.29 is 10.0 Å². The van der Waals surface area contributed by atoms with Crippen LogP contribution in [0, 0.1) is 3.57 Å². The first kappa shape index (κ1) is 16.0. The van der Waals surface area contributed by atoms with E-state index in [0.717, 1.165) is 8.04 Å². The maximum Gasteiger partial charge on any atom is 0.256 e. The highest BCUT2D eigenvalue weighted by Crippen LogP contribution is 2.22. The number of benzene rings is 2. The fraction of sp³-hybridized carbons (Fsp3) is 0.0667. The molecule has 2 N–H and O–H groups in total. The van der Waals surface area contributed by atoms with Gasteiger partial charge in [0.1, 0.15) is 0 Å². The minimum Gasteiger partial charge on any atom is -0.411 e. The van der Waals surface area contributed by atoms with E-state index in [1.165, 1.54) is 0 Å². The molecule has 0 saturated carbocycles. The molecule has 2 aromatic carbocycles. The third-order valence-corrected chi connectivity index (χ3v) is 4.25. The number of hydrogen-bond acceptors (Lipinski definition) is 3. The van der Waals surface area contributed by atoms with Gasteiger partial charge in [-0.1, -0.05) is 23.4 Å². The summed E-state index contributed by atoms with van der Waals surface area (Å²) in [4.78, 5) is 12.4. The first-order chi connectivity index (χ1) is 10.0. The fourth-order valence-electron chi connectivity index (χ4n) is 1.82. The fourth-order valence-corrected chi connectivity index (χ4v) is 2.74. The van der Waals surface area contributed by atoms with E-state index < -0.39 is 0 Å². The van der Waals surface area contributed by atoms with Gasteiger partial charge in [0, 0.05) is 13.6 Å². The van der Waals surface area contributed by atoms with Crippen molar-refractivity contribution >= 4 is 55.8 Å². The highest BCUT2D eigenvalue weighted by molar-refractivity contribution is 14.1. The standard InChI is InChI=1S/C15H12BrIN2O2/c1-9(19-21)11-4-2-3-5-14(11)18-15(20)12-8-10(17)6-7-13(12)16/h2-8,21H,1H3,(H,18,20)/b19-9-. The molecule has 2 rings (SSSR count). The molecule has 0 saturated heterocycles. The Bertz CT molecular complexity index is 717. The van der Waals surface area contributed by atoms with Crippen molar-refractivity contribution in [2.75, 3.05) is 5.32 Å². The zero-order chi connectivity index (χ0) is 15.4. The smallest absolute Gasteiger partial charge is 0.256 e. The molecule has 108 valence electrons. The van der Waals surface area contributed by atoms with E-state index in [9.17, 15) is 4.79 Å². The largest absolute Gasteiger partial charge is 0.411 e. The third-order valence-electron chi connectivity index (χ3n) is 2.89. The molecule has 4 nitrogen and oxygen atoms in total. The maximum absolute atomic E-state index is 12.4. The SMILES string of the molecule is C/C(=N/O)c1ccccc1NC(=O)c1cc(I)ccc1Br. The van der Waals surface area contributed by atoms with Gasteiger partial charge in [-0.2, -0.15) is 0 Å². The number of hydrogen-bond donors (Lipinski definition) is 2. The van der Waals surface area contributed by atoms with Crippen LogP contribution in [0.4, 0.5) is 5.69 Å². The number of carbonyl (C=O) groups is 1. The van der Waals surface area contributed by atoms with Crippen LogP contribution in [0.1, 0.15) is 22.8 Å². The average molecular weight is 459 g/mol. The van der Waals surface area contributed by atoms with Gasteiger partial charge < -0.3 is 10.5 Å². The highest BCUT2D eigenvalue weighted by atomic mass is 127. The lowest BCUT2D eigenvalue weighted by molar-refractivity contribution is 0.102. The summed E-state index contributed by atoms with van der Waals surface area (Å²) in [5.41, 5.74) is 2.27. The number of para-hydroxylation sites is 1. The highest BCUT2D eigenvalue weighted by Gasteiger charge is 2.13. The monoisotopic (exact) mass is 458 g/mol. The molecule has 0 aliphatic carbocycles. The molecule has 1 amide bonds. The van der Waals surface area contributed by atoms with Crippen LogP contribution in [0.15, 0.2) is 52.1 Å². The van der Waals surface area contributed by atoms with Crippen molar-refractivity contribution in [3.8, 4) is 0 Å². The van der Waals surface area contributed by atoms with Crippen molar-refractivity contribution in [2.45, 2.75) is 6.92 Å². The van der Waals surface area contributed by atoms with Crippen LogP contribution in [0.5, 0.6) is 0 Å². The quantitative estimate of drug-likeness (QED) is 0.308. The normalized spacial score (nSPS) is 11.3. The summed E-state index contributed by atoms with van der Waals surface area (Å²) in [5, 5.41) is 14.9. The number of nitrogens with zero attached hydrogens (tertiary/aromatic N) is 1. The molecule has 0 atom stereocenters. The first-order valence-corrected chi connectivity index (χ1v) is 7.94. The van der Waals surface area contributed by atoms with E-state index >= 15 is 0 Å². The Morgan fingerprint density at radius 1 is 1.24 bits per heavy atom. The van der Waals surface area contributed by atoms with Crippen LogP contribution < -0.4 is 5.32 Å². The lowest BCUT2D eigenvalue weighted by Crippen LogP contribution is -2.15. The van der Waals surface area contributed by atoms with Gasteiger partial charge in [0.2, 0.25) is 0 Å². The average Bonchev–Trinajstić information content (AvgIpc) is 2.49. The van der Waals surface area contributed by atoms with Crippen LogP contribution in [0.3, 0.4) is 0 Å². The summed E-state index contributed by atoms with van der Waals surface area (Å²) in [5.74, 6) is -0.224. The van der Waals surface area contributed by atoms with Crippen molar-refractivity contribution in [3.05, 3.63) is 61.6 Å². The Morgan fingerprint density at radius 2 is 1.95 bits per heavy atom. The molecule has 0 radical (unpaired) electrons. The number of carbonyl (C=O) groups excluding carboxylic acids is 1. The van der Waals surface area contributed by atoms with Crippen LogP contribution in [-0.4, -0.2) is 16.8 Å². The lowest BCUT2D eigenvalue weighted by atomic mass is 10.1. The van der Waals surface area contributed by atoms with Crippen LogP contribution >= 0.6 is 38.5 Å². The van der Waals surface area contributed by atoms with Gasteiger partial charge in [0.25, 0.3) is 5.91 Å². The zero-order valence-corrected chi connectivity index (χ0v) is 14.8. The predicted molar refractivity (Wildman–Crippen MR) is 95.3 cm³/mol. The first-order valence-electron chi connectivity index (χ1n) is 6.07. The number of amides is 1. The van der Waals surface area contributed by atoms with Gasteiger partial charge in [-0.05, 0) is 69.7 Å². The number of oxime groups is 1. The number of halogens is 2. The van der Waals surface area contributed by atoms with Gasteiger partial charge in [0.05, 0.1) is 17.0 Å². The van der Waals surface area contributed by atoms with Gasteiger partial charge in [-0.25, -0.2) is 0 Å². The van der Waals surface area contributed by atoms with Crippen molar-refractivity contribution in [2.24, 2.45) is 5.16 Å². The number of anilines is 1. The van der Waals surface area contributed by atoms with Gasteiger partial charge in [-0.15, -0.1) is 0 Å². The Labute approximate surface area is 144 Å². The molecule has 0 fully saturated rings. The maximum atomic E-state index is 12.4. The van der Waals surface area contributed by atoms with E-state index in [4.69, 9.17) is 5.21 Å². The van der Waals surface area contributed by atoms with E-state index in [2.05, 4.69) is 49.0 Å². The summed E-state index contributed by atoms with van der Waals surface area (Å²) in [6, 6.07) is 12.7. The molecule has 0 heterocycles. The van der Waals surface area contributed by atoms with E-state index in [0.29, 0.717) is 22.5 Å². The second-order valence-electron chi connectivity index (χ2n) is 4.31. The Morgan fingerprint density at radius 3 is 2.67 bits per heavy atom. The molecule has 0 aliphatic rings. The summed E-state index contributed by atoms with van der Waals surface area (Å²) in [6.07, 6.45) is 0. The minimum atomic E-state index is -0.224. The van der Waals surface area contributed by atoms with Crippen LogP contribution in [0.2, 0.25) is 0 Å². The minimum absolute atomic E-state index is 0.224. The lowest BCUT2D eigenvalue weighted by Gasteiger charge is -2.11. The molecule has 0 aliphatic heterocycles. The summed E-state index contributed by atoms with van der Waals surface area (Å²) >= 11 is 5.53. The van der Waals surface area contributed by atoms with Crippen LogP contribution in [0.25, 0.3) is 0 Å². The molecule has 6 heteroatoms. The van der Waals surface area contributed by atoms with Gasteiger partial charge in [0.15, 0.2) is 0 Å². The number of nitrogens with one attached hydrogen (secondary N) is 1. The third kappa shape index (κ3) is 3.82. The summed E-state index contributed by atoms with van der Waals surface area (Å²) in [6.45, 7) is 1.67. The zero-order valence-electron chi connectivity index (χ0n) is 11.1. The second-order valence-corrected chi connectivity index (χ2v) is 6.41. The van der Waals surface area contributed by atoms with Crippen molar-refractivity contribution in [1.82, 2.24) is 0 Å². The molecule has 0 spiro atoms. The summed E-state index contributed by atoms with van der Waals surface area (Å²) < 4.78 is 1.70. The predicted octanol–water partition coefficient (Wildman–Crippen LogP) is 4.50. The molecule has 0 bridgehead atoms. The Hall–Kier alpha value is -1.41. The Kier molecular flexibility index (Phi) is 5.35. The molecule has 21 heavy (non-hydrogen) atoms. The van der Waals surface area contributed by atoms with Crippen molar-refractivity contribution in [1.29, 1.82) is 0 Å². The van der Waals surface area contributed by atoms with Gasteiger partial charge in [-0.3, -0.25) is 4.79 Å². The molecular formula is C15H12BrIN2O2. The molecule has 0 aromatic heterocycles. The van der Waals surface area contributed by atoms with Gasteiger partial charge >= 0.3 is 0 Å². The Balaban J connectivity index is 2.34. The molecule has 2 aromatic rings. The number of rotatable bonds is 3. The van der Waals surface area contributed by atoms with Crippen LogP contribution in [-0.2, 0) is 0 Å². The topological polar surface area (TPSA) is 61.7 Å². The summed E-state index contributed by atoms with van der Waals surface area (Å²) in [7, 11) is 0. The van der Waals surface area contributed by atoms with Crippen molar-refractivity contribution in [3.63, 3.8) is 0 Å². The van der Waals surface area contributed by atoms with E-state index in [1.54, 1.807) is 25.1 Å². The van der Waals surface area contributed by atoms with E-state index in [1.807, 2.05) is 24.3 Å².